The second-order valence-electron chi connectivity index (χ2n) is 5.72. The lowest BCUT2D eigenvalue weighted by molar-refractivity contribution is 0.601. The van der Waals surface area contributed by atoms with Gasteiger partial charge in [-0.25, -0.2) is 8.42 Å². The van der Waals surface area contributed by atoms with Gasteiger partial charge in [0.2, 0.25) is 0 Å². The zero-order chi connectivity index (χ0) is 15.9. The maximum atomic E-state index is 11.9. The van der Waals surface area contributed by atoms with Crippen LogP contribution in [0.15, 0.2) is 41.4 Å². The van der Waals surface area contributed by atoms with Crippen molar-refractivity contribution in [2.75, 3.05) is 22.2 Å². The summed E-state index contributed by atoms with van der Waals surface area (Å²) in [4.78, 5) is 6.69. The summed E-state index contributed by atoms with van der Waals surface area (Å²) in [7, 11) is -3.01. The van der Waals surface area contributed by atoms with Crippen molar-refractivity contribution >= 4 is 44.1 Å². The molecule has 0 aromatic heterocycles. The van der Waals surface area contributed by atoms with Crippen LogP contribution in [0.1, 0.15) is 6.92 Å². The van der Waals surface area contributed by atoms with Gasteiger partial charge in [0.25, 0.3) is 0 Å². The molecule has 0 N–H and O–H groups in total. The number of anilines is 1. The lowest BCUT2D eigenvalue weighted by atomic mass is 10.1. The van der Waals surface area contributed by atoms with Crippen LogP contribution in [-0.2, 0) is 9.84 Å². The number of hydrogen-bond donors (Lipinski definition) is 0. The van der Waals surface area contributed by atoms with Crippen molar-refractivity contribution in [2.45, 2.75) is 19.0 Å². The molecule has 2 heterocycles. The van der Waals surface area contributed by atoms with Gasteiger partial charge in [-0.3, -0.25) is 4.99 Å². The SMILES string of the molecule is C=C(C)CSC1=NC2CS(=O)(=O)CC2N1c1ccc(Cl)cc1. The fourth-order valence-corrected chi connectivity index (χ4v) is 5.66. The van der Waals surface area contributed by atoms with Crippen molar-refractivity contribution in [3.8, 4) is 0 Å². The number of nitrogens with zero attached hydrogens (tertiary/aromatic N) is 2. The van der Waals surface area contributed by atoms with Gasteiger partial charge in [-0.1, -0.05) is 35.5 Å². The van der Waals surface area contributed by atoms with E-state index in [-0.39, 0.29) is 23.6 Å². The molecular formula is C15H17ClN2O2S2. The molecule has 2 atom stereocenters. The Balaban J connectivity index is 1.93. The monoisotopic (exact) mass is 356 g/mol. The molecule has 0 spiro atoms. The maximum absolute atomic E-state index is 11.9. The smallest absolute Gasteiger partial charge is 0.164 e. The number of hydrogen-bond acceptors (Lipinski definition) is 5. The number of halogens is 1. The van der Waals surface area contributed by atoms with E-state index in [0.717, 1.165) is 22.2 Å². The maximum Gasteiger partial charge on any atom is 0.164 e. The van der Waals surface area contributed by atoms with Crippen molar-refractivity contribution in [1.82, 2.24) is 0 Å². The highest BCUT2D eigenvalue weighted by molar-refractivity contribution is 8.14. The van der Waals surface area contributed by atoms with Crippen LogP contribution < -0.4 is 4.90 Å². The Kier molecular flexibility index (Phi) is 4.27. The van der Waals surface area contributed by atoms with Crippen molar-refractivity contribution < 1.29 is 8.42 Å². The van der Waals surface area contributed by atoms with E-state index in [9.17, 15) is 8.42 Å². The lowest BCUT2D eigenvalue weighted by Crippen LogP contribution is -2.39. The van der Waals surface area contributed by atoms with Crippen LogP contribution in [0, 0.1) is 0 Å². The third kappa shape index (κ3) is 3.19. The molecule has 3 rings (SSSR count). The molecule has 2 aliphatic heterocycles. The van der Waals surface area contributed by atoms with E-state index in [1.807, 2.05) is 36.1 Å². The molecule has 2 unspecified atom stereocenters. The number of aliphatic imine (C=N–C) groups is 1. The van der Waals surface area contributed by atoms with Gasteiger partial charge in [-0.2, -0.15) is 0 Å². The molecule has 118 valence electrons. The average molecular weight is 357 g/mol. The van der Waals surface area contributed by atoms with Crippen LogP contribution in [0.3, 0.4) is 0 Å². The fourth-order valence-electron chi connectivity index (χ4n) is 2.72. The Labute approximate surface area is 140 Å². The molecule has 0 radical (unpaired) electrons. The predicted octanol–water partition coefficient (Wildman–Crippen LogP) is 2.99. The Morgan fingerprint density at radius 2 is 2.09 bits per heavy atom. The molecule has 1 aromatic carbocycles. The zero-order valence-corrected chi connectivity index (χ0v) is 14.6. The van der Waals surface area contributed by atoms with E-state index in [0.29, 0.717) is 5.02 Å². The highest BCUT2D eigenvalue weighted by atomic mass is 35.5. The second kappa shape index (κ2) is 5.91. The molecule has 1 saturated heterocycles. The summed E-state index contributed by atoms with van der Waals surface area (Å²) in [6.07, 6.45) is 0. The first kappa shape index (κ1) is 15.9. The Bertz CT molecular complexity index is 728. The summed E-state index contributed by atoms with van der Waals surface area (Å²) in [5.41, 5.74) is 2.00. The van der Waals surface area contributed by atoms with E-state index >= 15 is 0 Å². The first-order chi connectivity index (χ1) is 10.4. The van der Waals surface area contributed by atoms with Gasteiger partial charge in [0.1, 0.15) is 0 Å². The van der Waals surface area contributed by atoms with E-state index in [4.69, 9.17) is 11.6 Å². The normalized spacial score (nSPS) is 25.9. The molecule has 7 heteroatoms. The molecule has 2 aliphatic rings. The summed E-state index contributed by atoms with van der Waals surface area (Å²) in [5, 5.41) is 1.53. The average Bonchev–Trinajstić information content (AvgIpc) is 2.89. The largest absolute Gasteiger partial charge is 0.315 e. The molecule has 0 bridgehead atoms. The number of benzene rings is 1. The molecule has 1 fully saturated rings. The highest BCUT2D eigenvalue weighted by Crippen LogP contribution is 2.35. The van der Waals surface area contributed by atoms with Crippen LogP contribution in [0.2, 0.25) is 5.02 Å². The third-order valence-corrected chi connectivity index (χ3v) is 6.81. The van der Waals surface area contributed by atoms with Crippen LogP contribution in [0.5, 0.6) is 0 Å². The number of amidine groups is 1. The Morgan fingerprint density at radius 1 is 1.41 bits per heavy atom. The van der Waals surface area contributed by atoms with Crippen LogP contribution in [0.4, 0.5) is 5.69 Å². The number of rotatable bonds is 3. The van der Waals surface area contributed by atoms with Crippen molar-refractivity contribution in [1.29, 1.82) is 0 Å². The van der Waals surface area contributed by atoms with E-state index in [1.54, 1.807) is 11.8 Å². The van der Waals surface area contributed by atoms with Crippen LogP contribution >= 0.6 is 23.4 Å². The zero-order valence-electron chi connectivity index (χ0n) is 12.2. The van der Waals surface area contributed by atoms with Gasteiger partial charge >= 0.3 is 0 Å². The van der Waals surface area contributed by atoms with Crippen LogP contribution in [-0.4, -0.2) is 42.9 Å². The topological polar surface area (TPSA) is 49.7 Å². The molecule has 4 nitrogen and oxygen atoms in total. The summed E-state index contributed by atoms with van der Waals surface area (Å²) >= 11 is 7.56. The quantitative estimate of drug-likeness (QED) is 0.781. The van der Waals surface area contributed by atoms with Gasteiger partial charge in [0.15, 0.2) is 15.0 Å². The van der Waals surface area contributed by atoms with Gasteiger partial charge in [-0.15, -0.1) is 0 Å². The van der Waals surface area contributed by atoms with Crippen molar-refractivity contribution in [3.05, 3.63) is 41.4 Å². The van der Waals surface area contributed by atoms with E-state index < -0.39 is 9.84 Å². The number of thioether (sulfide) groups is 1. The van der Waals surface area contributed by atoms with Crippen LogP contribution in [0.25, 0.3) is 0 Å². The highest BCUT2D eigenvalue weighted by Gasteiger charge is 2.47. The van der Waals surface area contributed by atoms with E-state index in [2.05, 4.69) is 11.6 Å². The molecule has 1 aromatic rings. The minimum Gasteiger partial charge on any atom is -0.315 e. The first-order valence-electron chi connectivity index (χ1n) is 6.96. The summed E-state index contributed by atoms with van der Waals surface area (Å²) < 4.78 is 23.8. The molecule has 22 heavy (non-hydrogen) atoms. The molecule has 0 amide bonds. The molecule has 0 saturated carbocycles. The third-order valence-electron chi connectivity index (χ3n) is 3.66. The summed E-state index contributed by atoms with van der Waals surface area (Å²) in [5.74, 6) is 1.06. The molecular weight excluding hydrogens is 340 g/mol. The number of sulfone groups is 1. The number of fused-ring (bicyclic) bond motifs is 1. The van der Waals surface area contributed by atoms with Gasteiger partial charge in [-0.05, 0) is 31.2 Å². The summed E-state index contributed by atoms with van der Waals surface area (Å²) in [6.45, 7) is 5.89. The Hall–Kier alpha value is -0.980. The standard InChI is InChI=1S/C15H17ClN2O2S2/c1-10(2)7-21-15-17-13-8-22(19,20)9-14(13)18(15)12-5-3-11(16)4-6-12/h3-6,13-14H,1,7-9H2,2H3. The van der Waals surface area contributed by atoms with Gasteiger partial charge < -0.3 is 4.90 Å². The van der Waals surface area contributed by atoms with Crippen molar-refractivity contribution in [3.63, 3.8) is 0 Å². The second-order valence-corrected chi connectivity index (χ2v) is 9.25. The predicted molar refractivity (Wildman–Crippen MR) is 94.9 cm³/mol. The minimum absolute atomic E-state index is 0.112. The van der Waals surface area contributed by atoms with E-state index in [1.165, 1.54) is 0 Å². The Morgan fingerprint density at radius 3 is 2.73 bits per heavy atom. The van der Waals surface area contributed by atoms with Gasteiger partial charge in [0, 0.05) is 16.5 Å². The minimum atomic E-state index is -3.01. The fraction of sp³-hybridized carbons (Fsp3) is 0.400. The van der Waals surface area contributed by atoms with Crippen molar-refractivity contribution in [2.24, 2.45) is 4.99 Å². The first-order valence-corrected chi connectivity index (χ1v) is 10.1. The molecule has 0 aliphatic carbocycles. The summed E-state index contributed by atoms with van der Waals surface area (Å²) in [6, 6.07) is 7.16. The lowest BCUT2D eigenvalue weighted by Gasteiger charge is -2.26. The van der Waals surface area contributed by atoms with Gasteiger partial charge in [0.05, 0.1) is 23.6 Å².